The van der Waals surface area contributed by atoms with Gasteiger partial charge in [-0.05, 0) is 24.1 Å². The van der Waals surface area contributed by atoms with Crippen molar-refractivity contribution in [2.45, 2.75) is 27.2 Å². The molecule has 2 heterocycles. The quantitative estimate of drug-likeness (QED) is 0.669. The van der Waals surface area contributed by atoms with Gasteiger partial charge in [0.05, 0.1) is 0 Å². The van der Waals surface area contributed by atoms with Crippen molar-refractivity contribution in [2.24, 2.45) is 0 Å². The highest BCUT2D eigenvalue weighted by atomic mass is 15.3. The Balaban J connectivity index is 0.000000396. The number of hydrogen-bond acceptors (Lipinski definition) is 2. The van der Waals surface area contributed by atoms with E-state index in [1.54, 1.807) is 10.8 Å². The fraction of sp³-hybridized carbons (Fsp3) is 0.400. The maximum atomic E-state index is 4.08. The van der Waals surface area contributed by atoms with Crippen LogP contribution in [0.15, 0.2) is 24.7 Å². The van der Waals surface area contributed by atoms with Crippen LogP contribution in [0.25, 0.3) is 5.65 Å². The van der Waals surface area contributed by atoms with Gasteiger partial charge in [0.2, 0.25) is 0 Å². The zero-order valence-corrected chi connectivity index (χ0v) is 8.36. The average Bonchev–Trinajstić information content (AvgIpc) is 2.67. The van der Waals surface area contributed by atoms with Crippen molar-refractivity contribution in [3.63, 3.8) is 0 Å². The lowest BCUT2D eigenvalue weighted by Crippen LogP contribution is -1.88. The lowest BCUT2D eigenvalue weighted by Gasteiger charge is -1.94. The zero-order valence-electron chi connectivity index (χ0n) is 8.36. The highest BCUT2D eigenvalue weighted by molar-refractivity contribution is 5.39. The third-order valence-electron chi connectivity index (χ3n) is 1.75. The highest BCUT2D eigenvalue weighted by Gasteiger charge is 1.94. The minimum atomic E-state index is 0.921. The van der Waals surface area contributed by atoms with E-state index in [-0.39, 0.29) is 0 Å². The molecule has 0 atom stereocenters. The molecule has 2 aromatic heterocycles. The third-order valence-corrected chi connectivity index (χ3v) is 1.75. The molecule has 0 aliphatic carbocycles. The molecule has 0 saturated heterocycles. The summed E-state index contributed by atoms with van der Waals surface area (Å²) in [6.07, 6.45) is 4.54. The first-order chi connectivity index (χ1) is 6.40. The van der Waals surface area contributed by atoms with E-state index in [4.69, 9.17) is 0 Å². The smallest absolute Gasteiger partial charge is 0.155 e. The van der Waals surface area contributed by atoms with Crippen LogP contribution in [-0.4, -0.2) is 14.6 Å². The Morgan fingerprint density at radius 1 is 1.38 bits per heavy atom. The molecule has 3 nitrogen and oxygen atoms in total. The van der Waals surface area contributed by atoms with Crippen LogP contribution < -0.4 is 0 Å². The maximum Gasteiger partial charge on any atom is 0.155 e. The minimum absolute atomic E-state index is 0.921. The summed E-state index contributed by atoms with van der Waals surface area (Å²) in [4.78, 5) is 4.08. The van der Waals surface area contributed by atoms with Crippen LogP contribution in [-0.2, 0) is 6.42 Å². The number of aryl methyl sites for hydroxylation is 1. The summed E-state index contributed by atoms with van der Waals surface area (Å²) in [5.41, 5.74) is 2.22. The van der Waals surface area contributed by atoms with Gasteiger partial charge in [-0.3, -0.25) is 0 Å². The van der Waals surface area contributed by atoms with Crippen LogP contribution in [0.2, 0.25) is 0 Å². The second-order valence-electron chi connectivity index (χ2n) is 2.45. The van der Waals surface area contributed by atoms with Gasteiger partial charge >= 0.3 is 0 Å². The molecule has 0 aliphatic heterocycles. The Morgan fingerprint density at radius 2 is 2.15 bits per heavy atom. The molecular formula is C10H15N3. The predicted octanol–water partition coefficient (Wildman–Crippen LogP) is 2.32. The summed E-state index contributed by atoms with van der Waals surface area (Å²) in [7, 11) is 0. The predicted molar refractivity (Wildman–Crippen MR) is 53.7 cm³/mol. The summed E-state index contributed by atoms with van der Waals surface area (Å²) >= 11 is 0. The summed E-state index contributed by atoms with van der Waals surface area (Å²) in [6.45, 7) is 6.13. The molecule has 2 aromatic rings. The molecule has 0 radical (unpaired) electrons. The van der Waals surface area contributed by atoms with E-state index in [2.05, 4.69) is 23.1 Å². The van der Waals surface area contributed by atoms with Gasteiger partial charge in [-0.1, -0.05) is 20.8 Å². The third kappa shape index (κ3) is 2.05. The van der Waals surface area contributed by atoms with Crippen LogP contribution >= 0.6 is 0 Å². The van der Waals surface area contributed by atoms with Crippen LogP contribution in [0.4, 0.5) is 0 Å². The van der Waals surface area contributed by atoms with E-state index in [9.17, 15) is 0 Å². The standard InChI is InChI=1S/C8H9N3.C2H6/c1-2-7-3-4-11-8(5-7)9-6-10-11;1-2/h3-6H,2H2,1H3;1-2H3. The average molecular weight is 177 g/mol. The number of aromatic nitrogens is 3. The molecular weight excluding hydrogens is 162 g/mol. The number of rotatable bonds is 1. The topological polar surface area (TPSA) is 30.2 Å². The molecule has 0 fully saturated rings. The van der Waals surface area contributed by atoms with Crippen molar-refractivity contribution in [1.29, 1.82) is 0 Å². The summed E-state index contributed by atoms with van der Waals surface area (Å²) < 4.78 is 1.76. The van der Waals surface area contributed by atoms with E-state index in [1.165, 1.54) is 5.56 Å². The molecule has 3 heteroatoms. The van der Waals surface area contributed by atoms with Gasteiger partial charge in [-0.25, -0.2) is 9.50 Å². The Bertz CT molecular complexity index is 365. The van der Waals surface area contributed by atoms with Crippen molar-refractivity contribution in [1.82, 2.24) is 14.6 Å². The van der Waals surface area contributed by atoms with E-state index in [0.29, 0.717) is 0 Å². The van der Waals surface area contributed by atoms with Crippen LogP contribution in [0.1, 0.15) is 26.3 Å². The lowest BCUT2D eigenvalue weighted by atomic mass is 10.2. The fourth-order valence-electron chi connectivity index (χ4n) is 1.08. The largest absolute Gasteiger partial charge is 0.221 e. The number of pyridine rings is 1. The van der Waals surface area contributed by atoms with Crippen LogP contribution in [0.5, 0.6) is 0 Å². The fourth-order valence-corrected chi connectivity index (χ4v) is 1.08. The Kier molecular flexibility index (Phi) is 3.43. The van der Waals surface area contributed by atoms with Crippen LogP contribution in [0, 0.1) is 0 Å². The minimum Gasteiger partial charge on any atom is -0.221 e. The number of hydrogen-bond donors (Lipinski definition) is 0. The van der Waals surface area contributed by atoms with Gasteiger partial charge in [0.1, 0.15) is 6.33 Å². The summed E-state index contributed by atoms with van der Waals surface area (Å²) in [5.74, 6) is 0. The molecule has 0 bridgehead atoms. The number of fused-ring (bicyclic) bond motifs is 1. The van der Waals surface area contributed by atoms with E-state index in [0.717, 1.165) is 12.1 Å². The molecule has 0 saturated carbocycles. The molecule has 70 valence electrons. The molecule has 0 amide bonds. The summed E-state index contributed by atoms with van der Waals surface area (Å²) in [5, 5.41) is 4.00. The first-order valence-electron chi connectivity index (χ1n) is 4.68. The van der Waals surface area contributed by atoms with Gasteiger partial charge in [0, 0.05) is 6.20 Å². The van der Waals surface area contributed by atoms with Crippen molar-refractivity contribution >= 4 is 5.65 Å². The monoisotopic (exact) mass is 177 g/mol. The first kappa shape index (κ1) is 9.71. The SMILES string of the molecule is CC.CCc1ccn2ncnc2c1. The zero-order chi connectivity index (χ0) is 9.68. The molecule has 0 aromatic carbocycles. The highest BCUT2D eigenvalue weighted by Crippen LogP contribution is 2.03. The summed E-state index contributed by atoms with van der Waals surface area (Å²) in [6, 6.07) is 4.11. The van der Waals surface area contributed by atoms with Gasteiger partial charge < -0.3 is 0 Å². The van der Waals surface area contributed by atoms with Gasteiger partial charge in [0.25, 0.3) is 0 Å². The molecule has 0 N–H and O–H groups in total. The second kappa shape index (κ2) is 4.60. The van der Waals surface area contributed by atoms with Gasteiger partial charge in [0.15, 0.2) is 5.65 Å². The van der Waals surface area contributed by atoms with Crippen molar-refractivity contribution in [3.8, 4) is 0 Å². The van der Waals surface area contributed by atoms with Crippen molar-refractivity contribution in [3.05, 3.63) is 30.2 Å². The van der Waals surface area contributed by atoms with E-state index in [1.807, 2.05) is 26.1 Å². The van der Waals surface area contributed by atoms with Crippen LogP contribution in [0.3, 0.4) is 0 Å². The molecule has 0 aliphatic rings. The first-order valence-corrected chi connectivity index (χ1v) is 4.68. The Morgan fingerprint density at radius 3 is 2.85 bits per heavy atom. The molecule has 13 heavy (non-hydrogen) atoms. The van der Waals surface area contributed by atoms with Gasteiger partial charge in [-0.2, -0.15) is 5.10 Å². The van der Waals surface area contributed by atoms with Crippen molar-refractivity contribution in [2.75, 3.05) is 0 Å². The normalized spacial score (nSPS) is 9.46. The Hall–Kier alpha value is -1.38. The second-order valence-corrected chi connectivity index (χ2v) is 2.45. The molecule has 0 spiro atoms. The lowest BCUT2D eigenvalue weighted by molar-refractivity contribution is 0.951. The molecule has 0 unspecified atom stereocenters. The van der Waals surface area contributed by atoms with E-state index < -0.39 is 0 Å². The van der Waals surface area contributed by atoms with Crippen molar-refractivity contribution < 1.29 is 0 Å². The van der Waals surface area contributed by atoms with E-state index >= 15 is 0 Å². The molecule has 2 rings (SSSR count). The Labute approximate surface area is 78.4 Å². The maximum absolute atomic E-state index is 4.08. The van der Waals surface area contributed by atoms with Gasteiger partial charge in [-0.15, -0.1) is 0 Å². The number of nitrogens with zero attached hydrogens (tertiary/aromatic N) is 3.